The first-order valence-electron chi connectivity index (χ1n) is 3.46. The second kappa shape index (κ2) is 3.92. The first-order chi connectivity index (χ1) is 6.38. The maximum Gasteiger partial charge on any atom is 0.243 e. The maximum absolute atomic E-state index is 13.1. The van der Waals surface area contributed by atoms with Crippen LogP contribution in [0, 0.1) is 11.6 Å². The van der Waals surface area contributed by atoms with Crippen LogP contribution in [-0.4, -0.2) is 15.5 Å². The largest absolute Gasteiger partial charge is 0.243 e. The van der Waals surface area contributed by atoms with Crippen molar-refractivity contribution in [2.45, 2.75) is 4.90 Å². The standard InChI is InChI=1S/C7H6BrF2NO2S/c1-11-14(12,13)7-3-5(9)4(8)2-6(7)10/h2-3,11H,1H3. The molecule has 3 nitrogen and oxygen atoms in total. The number of hydrogen-bond donors (Lipinski definition) is 1. The van der Waals surface area contributed by atoms with E-state index in [1.807, 2.05) is 4.72 Å². The Morgan fingerprint density at radius 3 is 2.36 bits per heavy atom. The third kappa shape index (κ3) is 2.10. The van der Waals surface area contributed by atoms with Gasteiger partial charge in [0.1, 0.15) is 16.5 Å². The van der Waals surface area contributed by atoms with Gasteiger partial charge in [-0.15, -0.1) is 0 Å². The van der Waals surface area contributed by atoms with E-state index in [0.717, 1.165) is 13.1 Å². The minimum Gasteiger partial charge on any atom is -0.214 e. The lowest BCUT2D eigenvalue weighted by Crippen LogP contribution is -2.20. The van der Waals surface area contributed by atoms with E-state index in [1.54, 1.807) is 0 Å². The van der Waals surface area contributed by atoms with Crippen LogP contribution in [0.4, 0.5) is 8.78 Å². The van der Waals surface area contributed by atoms with Gasteiger partial charge in [0.25, 0.3) is 0 Å². The van der Waals surface area contributed by atoms with Crippen molar-refractivity contribution < 1.29 is 17.2 Å². The molecule has 1 aromatic rings. The molecule has 0 aromatic heterocycles. The van der Waals surface area contributed by atoms with Crippen molar-refractivity contribution >= 4 is 26.0 Å². The SMILES string of the molecule is CNS(=O)(=O)c1cc(F)c(Br)cc1F. The molecule has 0 unspecified atom stereocenters. The van der Waals surface area contributed by atoms with Crippen LogP contribution in [0.25, 0.3) is 0 Å². The van der Waals surface area contributed by atoms with Gasteiger partial charge in [0.05, 0.1) is 4.47 Å². The van der Waals surface area contributed by atoms with Gasteiger partial charge in [-0.3, -0.25) is 0 Å². The van der Waals surface area contributed by atoms with Gasteiger partial charge in [0, 0.05) is 0 Å². The van der Waals surface area contributed by atoms with Crippen LogP contribution >= 0.6 is 15.9 Å². The normalized spacial score (nSPS) is 11.7. The zero-order valence-corrected chi connectivity index (χ0v) is 9.42. The number of sulfonamides is 1. The Kier molecular flexibility index (Phi) is 3.23. The molecule has 0 aliphatic heterocycles. The topological polar surface area (TPSA) is 46.2 Å². The van der Waals surface area contributed by atoms with E-state index >= 15 is 0 Å². The molecule has 0 spiro atoms. The van der Waals surface area contributed by atoms with Crippen molar-refractivity contribution in [3.63, 3.8) is 0 Å². The molecule has 0 heterocycles. The minimum atomic E-state index is -3.95. The Bertz CT molecular complexity index is 461. The van der Waals surface area contributed by atoms with Gasteiger partial charge in [-0.1, -0.05) is 0 Å². The molecule has 0 amide bonds. The Labute approximate surface area is 88.3 Å². The number of nitrogens with one attached hydrogen (secondary N) is 1. The molecule has 0 aliphatic rings. The van der Waals surface area contributed by atoms with E-state index in [0.29, 0.717) is 6.07 Å². The molecule has 1 rings (SSSR count). The summed E-state index contributed by atoms with van der Waals surface area (Å²) in [6, 6.07) is 1.38. The van der Waals surface area contributed by atoms with Crippen LogP contribution < -0.4 is 4.72 Å². The summed E-state index contributed by atoms with van der Waals surface area (Å²) >= 11 is 2.74. The van der Waals surface area contributed by atoms with Gasteiger partial charge in [-0.05, 0) is 35.1 Å². The Hall–Kier alpha value is -0.530. The summed E-state index contributed by atoms with van der Waals surface area (Å²) in [5.41, 5.74) is 0. The van der Waals surface area contributed by atoms with Crippen LogP contribution in [0.2, 0.25) is 0 Å². The number of benzene rings is 1. The number of rotatable bonds is 2. The molecule has 7 heteroatoms. The number of halogens is 3. The highest BCUT2D eigenvalue weighted by Crippen LogP contribution is 2.22. The van der Waals surface area contributed by atoms with Crippen LogP contribution in [0.5, 0.6) is 0 Å². The molecular formula is C7H6BrF2NO2S. The van der Waals surface area contributed by atoms with Gasteiger partial charge < -0.3 is 0 Å². The monoisotopic (exact) mass is 285 g/mol. The minimum absolute atomic E-state index is 0.120. The third-order valence-corrected chi connectivity index (χ3v) is 3.57. The molecule has 0 bridgehead atoms. The second-order valence-electron chi connectivity index (χ2n) is 2.40. The lowest BCUT2D eigenvalue weighted by molar-refractivity contribution is 0.546. The van der Waals surface area contributed by atoms with Gasteiger partial charge >= 0.3 is 0 Å². The molecule has 0 saturated heterocycles. The quantitative estimate of drug-likeness (QED) is 0.840. The first kappa shape index (κ1) is 11.5. The van der Waals surface area contributed by atoms with Crippen LogP contribution in [-0.2, 0) is 10.0 Å². The van der Waals surface area contributed by atoms with Crippen molar-refractivity contribution in [2.24, 2.45) is 0 Å². The van der Waals surface area contributed by atoms with Crippen molar-refractivity contribution in [1.29, 1.82) is 0 Å². The lowest BCUT2D eigenvalue weighted by atomic mass is 10.3. The third-order valence-electron chi connectivity index (χ3n) is 1.53. The fraction of sp³-hybridized carbons (Fsp3) is 0.143. The average molecular weight is 286 g/mol. The molecule has 1 N–H and O–H groups in total. The van der Waals surface area contributed by atoms with E-state index in [9.17, 15) is 17.2 Å². The van der Waals surface area contributed by atoms with Crippen LogP contribution in [0.3, 0.4) is 0 Å². The van der Waals surface area contributed by atoms with E-state index in [4.69, 9.17) is 0 Å². The summed E-state index contributed by atoms with van der Waals surface area (Å²) in [6.45, 7) is 0. The molecular weight excluding hydrogens is 280 g/mol. The predicted octanol–water partition coefficient (Wildman–Crippen LogP) is 1.64. The second-order valence-corrected chi connectivity index (χ2v) is 5.11. The Balaban J connectivity index is 3.45. The van der Waals surface area contributed by atoms with Gasteiger partial charge in [-0.25, -0.2) is 21.9 Å². The zero-order chi connectivity index (χ0) is 10.9. The molecule has 0 radical (unpaired) electrons. The molecule has 0 aliphatic carbocycles. The van der Waals surface area contributed by atoms with Crippen LogP contribution in [0.15, 0.2) is 21.5 Å². The van der Waals surface area contributed by atoms with E-state index < -0.39 is 26.6 Å². The van der Waals surface area contributed by atoms with E-state index in [-0.39, 0.29) is 4.47 Å². The highest BCUT2D eigenvalue weighted by Gasteiger charge is 2.19. The lowest BCUT2D eigenvalue weighted by Gasteiger charge is -2.04. The van der Waals surface area contributed by atoms with Crippen molar-refractivity contribution in [2.75, 3.05) is 7.05 Å². The van der Waals surface area contributed by atoms with E-state index in [1.165, 1.54) is 0 Å². The zero-order valence-electron chi connectivity index (χ0n) is 7.01. The summed E-state index contributed by atoms with van der Waals surface area (Å²) in [5.74, 6) is -1.84. The summed E-state index contributed by atoms with van der Waals surface area (Å²) < 4.78 is 50.1. The Morgan fingerprint density at radius 2 is 1.86 bits per heavy atom. The van der Waals surface area contributed by atoms with Gasteiger partial charge in [-0.2, -0.15) is 0 Å². The van der Waals surface area contributed by atoms with Crippen molar-refractivity contribution in [3.05, 3.63) is 28.2 Å². The van der Waals surface area contributed by atoms with Crippen LogP contribution in [0.1, 0.15) is 0 Å². The smallest absolute Gasteiger partial charge is 0.214 e. The molecule has 0 saturated carbocycles. The molecule has 14 heavy (non-hydrogen) atoms. The fourth-order valence-corrected chi connectivity index (χ4v) is 1.93. The Morgan fingerprint density at radius 1 is 1.29 bits per heavy atom. The van der Waals surface area contributed by atoms with Gasteiger partial charge in [0.2, 0.25) is 10.0 Å². The summed E-state index contributed by atoms with van der Waals surface area (Å²) in [7, 11) is -2.83. The van der Waals surface area contributed by atoms with Gasteiger partial charge in [0.15, 0.2) is 0 Å². The summed E-state index contributed by atoms with van der Waals surface area (Å²) in [6.07, 6.45) is 0. The highest BCUT2D eigenvalue weighted by molar-refractivity contribution is 9.10. The molecule has 0 atom stereocenters. The molecule has 0 fully saturated rings. The van der Waals surface area contributed by atoms with Crippen molar-refractivity contribution in [3.8, 4) is 0 Å². The highest BCUT2D eigenvalue weighted by atomic mass is 79.9. The average Bonchev–Trinajstić information content (AvgIpc) is 2.11. The fourth-order valence-electron chi connectivity index (χ4n) is 0.820. The van der Waals surface area contributed by atoms with Crippen molar-refractivity contribution in [1.82, 2.24) is 4.72 Å². The summed E-state index contributed by atoms with van der Waals surface area (Å²) in [4.78, 5) is -0.708. The predicted molar refractivity (Wildman–Crippen MR) is 50.3 cm³/mol. The molecule has 78 valence electrons. The molecule has 1 aromatic carbocycles. The summed E-state index contributed by atoms with van der Waals surface area (Å²) in [5, 5.41) is 0. The maximum atomic E-state index is 13.1. The van der Waals surface area contributed by atoms with E-state index in [2.05, 4.69) is 15.9 Å². The first-order valence-corrected chi connectivity index (χ1v) is 5.74. The number of hydrogen-bond acceptors (Lipinski definition) is 2.